The summed E-state index contributed by atoms with van der Waals surface area (Å²) in [6, 6.07) is 19.3. The molecule has 0 aliphatic carbocycles. The van der Waals surface area contributed by atoms with Crippen molar-refractivity contribution in [1.82, 2.24) is 0 Å². The number of hydrogen-bond donors (Lipinski definition) is 1. The summed E-state index contributed by atoms with van der Waals surface area (Å²) in [5.74, 6) is 0.424. The number of nitrogens with zero attached hydrogens (tertiary/aromatic N) is 1. The number of halogens is 1. The minimum absolute atomic E-state index is 0.186. The second-order valence-corrected chi connectivity index (χ2v) is 6.91. The third-order valence-electron chi connectivity index (χ3n) is 3.89. The van der Waals surface area contributed by atoms with Crippen LogP contribution in [0.1, 0.15) is 11.1 Å². The number of aromatic hydroxyl groups is 1. The van der Waals surface area contributed by atoms with Crippen molar-refractivity contribution >= 4 is 39.9 Å². The van der Waals surface area contributed by atoms with E-state index < -0.39 is 5.97 Å². The molecule has 0 radical (unpaired) electrons. The molecule has 29 heavy (non-hydrogen) atoms. The molecule has 0 aliphatic rings. The van der Waals surface area contributed by atoms with Crippen LogP contribution in [-0.4, -0.2) is 24.4 Å². The number of aliphatic imine (C=N–C) groups is 1. The van der Waals surface area contributed by atoms with Gasteiger partial charge in [0, 0.05) is 16.8 Å². The first kappa shape index (κ1) is 20.4. The highest BCUT2D eigenvalue weighted by atomic mass is 79.9. The predicted molar refractivity (Wildman–Crippen MR) is 117 cm³/mol. The molecule has 0 unspecified atom stereocenters. The number of carbonyl (C=O) groups is 1. The molecule has 5 nitrogen and oxygen atoms in total. The number of rotatable bonds is 6. The lowest BCUT2D eigenvalue weighted by atomic mass is 10.2. The highest BCUT2D eigenvalue weighted by molar-refractivity contribution is 9.10. The summed E-state index contributed by atoms with van der Waals surface area (Å²) in [7, 11) is 1.51. The molecule has 3 aromatic rings. The van der Waals surface area contributed by atoms with Crippen LogP contribution in [0.4, 0.5) is 5.69 Å². The first-order chi connectivity index (χ1) is 14.0. The van der Waals surface area contributed by atoms with Crippen LogP contribution < -0.4 is 9.47 Å². The molecule has 0 saturated heterocycles. The molecule has 1 N–H and O–H groups in total. The molecule has 146 valence electrons. The van der Waals surface area contributed by atoms with Crippen molar-refractivity contribution in [2.24, 2.45) is 4.99 Å². The van der Waals surface area contributed by atoms with Crippen LogP contribution in [0.5, 0.6) is 17.2 Å². The largest absolute Gasteiger partial charge is 0.508 e. The number of ether oxygens (including phenoxy) is 2. The third-order valence-corrected chi connectivity index (χ3v) is 4.42. The van der Waals surface area contributed by atoms with Crippen molar-refractivity contribution in [2.45, 2.75) is 0 Å². The van der Waals surface area contributed by atoms with Gasteiger partial charge in [-0.3, -0.25) is 4.99 Å². The van der Waals surface area contributed by atoms with E-state index in [-0.39, 0.29) is 5.75 Å². The van der Waals surface area contributed by atoms with Crippen molar-refractivity contribution in [3.05, 3.63) is 88.4 Å². The lowest BCUT2D eigenvalue weighted by Crippen LogP contribution is -2.05. The SMILES string of the molecule is COc1cc(C=Nc2ccc(O)cc2)ccc1OC(=O)/C=C/c1ccc(Br)cc1. The lowest BCUT2D eigenvalue weighted by Gasteiger charge is -2.08. The molecular formula is C23H18BrNO4. The normalized spacial score (nSPS) is 11.1. The summed E-state index contributed by atoms with van der Waals surface area (Å²) in [5, 5.41) is 9.31. The van der Waals surface area contributed by atoms with Crippen LogP contribution in [0, 0.1) is 0 Å². The van der Waals surface area contributed by atoms with Gasteiger partial charge in [-0.15, -0.1) is 0 Å². The van der Waals surface area contributed by atoms with Gasteiger partial charge in [-0.1, -0.05) is 28.1 Å². The fourth-order valence-corrected chi connectivity index (χ4v) is 2.68. The third kappa shape index (κ3) is 6.05. The maximum absolute atomic E-state index is 12.1. The van der Waals surface area contributed by atoms with Gasteiger partial charge in [0.15, 0.2) is 11.5 Å². The smallest absolute Gasteiger partial charge is 0.336 e. The number of benzene rings is 3. The molecule has 0 fully saturated rings. The van der Waals surface area contributed by atoms with Crippen molar-refractivity contribution in [3.63, 3.8) is 0 Å². The Kier molecular flexibility index (Phi) is 6.81. The number of carbonyl (C=O) groups excluding carboxylic acids is 1. The van der Waals surface area contributed by atoms with Crippen LogP contribution in [0.3, 0.4) is 0 Å². The quantitative estimate of drug-likeness (QED) is 0.231. The number of methoxy groups -OCH3 is 1. The number of esters is 1. The topological polar surface area (TPSA) is 68.1 Å². The summed E-state index contributed by atoms with van der Waals surface area (Å²) < 4.78 is 11.7. The first-order valence-electron chi connectivity index (χ1n) is 8.70. The Morgan fingerprint density at radius 3 is 2.34 bits per heavy atom. The van der Waals surface area contributed by atoms with Crippen molar-refractivity contribution < 1.29 is 19.4 Å². The monoisotopic (exact) mass is 451 g/mol. The Morgan fingerprint density at radius 1 is 0.966 bits per heavy atom. The summed E-state index contributed by atoms with van der Waals surface area (Å²) in [5.41, 5.74) is 2.37. The average Bonchev–Trinajstić information content (AvgIpc) is 2.73. The average molecular weight is 452 g/mol. The van der Waals surface area contributed by atoms with Gasteiger partial charge < -0.3 is 14.6 Å². The van der Waals surface area contributed by atoms with E-state index in [1.54, 1.807) is 54.8 Å². The summed E-state index contributed by atoms with van der Waals surface area (Å²) in [6.07, 6.45) is 4.71. The lowest BCUT2D eigenvalue weighted by molar-refractivity contribution is -0.129. The minimum Gasteiger partial charge on any atom is -0.508 e. The minimum atomic E-state index is -0.503. The van der Waals surface area contributed by atoms with E-state index in [4.69, 9.17) is 9.47 Å². The van der Waals surface area contributed by atoms with Gasteiger partial charge in [-0.25, -0.2) is 4.79 Å². The fraction of sp³-hybridized carbons (Fsp3) is 0.0435. The highest BCUT2D eigenvalue weighted by Gasteiger charge is 2.08. The molecule has 0 atom stereocenters. The molecule has 3 aromatic carbocycles. The zero-order valence-electron chi connectivity index (χ0n) is 15.6. The van der Waals surface area contributed by atoms with E-state index in [2.05, 4.69) is 20.9 Å². The van der Waals surface area contributed by atoms with E-state index in [0.717, 1.165) is 15.6 Å². The molecule has 0 amide bonds. The number of phenols is 1. The van der Waals surface area contributed by atoms with Gasteiger partial charge in [-0.2, -0.15) is 0 Å². The van der Waals surface area contributed by atoms with E-state index in [1.165, 1.54) is 13.2 Å². The Balaban J connectivity index is 1.68. The zero-order valence-corrected chi connectivity index (χ0v) is 17.2. The van der Waals surface area contributed by atoms with Crippen molar-refractivity contribution in [3.8, 4) is 17.2 Å². The van der Waals surface area contributed by atoms with Crippen LogP contribution >= 0.6 is 15.9 Å². The summed E-state index contributed by atoms with van der Waals surface area (Å²) in [6.45, 7) is 0. The van der Waals surface area contributed by atoms with E-state index in [1.807, 2.05) is 24.3 Å². The molecule has 0 heterocycles. The molecule has 0 saturated carbocycles. The number of phenolic OH excluding ortho intramolecular Hbond substituents is 1. The zero-order chi connectivity index (χ0) is 20.6. The summed E-state index contributed by atoms with van der Waals surface area (Å²) >= 11 is 3.37. The molecular weight excluding hydrogens is 434 g/mol. The van der Waals surface area contributed by atoms with Gasteiger partial charge in [0.05, 0.1) is 12.8 Å². The Hall–Kier alpha value is -3.38. The van der Waals surface area contributed by atoms with Crippen LogP contribution in [0.2, 0.25) is 0 Å². The Morgan fingerprint density at radius 2 is 1.66 bits per heavy atom. The van der Waals surface area contributed by atoms with E-state index >= 15 is 0 Å². The van der Waals surface area contributed by atoms with Crippen LogP contribution in [0.25, 0.3) is 6.08 Å². The second kappa shape index (κ2) is 9.71. The Bertz CT molecular complexity index is 1040. The predicted octanol–water partition coefficient (Wildman–Crippen LogP) is 5.53. The van der Waals surface area contributed by atoms with Gasteiger partial charge >= 0.3 is 5.97 Å². The van der Waals surface area contributed by atoms with Crippen LogP contribution in [0.15, 0.2) is 82.3 Å². The van der Waals surface area contributed by atoms with Gasteiger partial charge in [0.1, 0.15) is 5.75 Å². The maximum atomic E-state index is 12.1. The van der Waals surface area contributed by atoms with Crippen LogP contribution in [-0.2, 0) is 4.79 Å². The van der Waals surface area contributed by atoms with Crippen molar-refractivity contribution in [1.29, 1.82) is 0 Å². The number of hydrogen-bond acceptors (Lipinski definition) is 5. The van der Waals surface area contributed by atoms with E-state index in [9.17, 15) is 9.90 Å². The molecule has 0 bridgehead atoms. The molecule has 3 rings (SSSR count). The van der Waals surface area contributed by atoms with Crippen molar-refractivity contribution in [2.75, 3.05) is 7.11 Å². The highest BCUT2D eigenvalue weighted by Crippen LogP contribution is 2.28. The van der Waals surface area contributed by atoms with Gasteiger partial charge in [0.25, 0.3) is 0 Å². The maximum Gasteiger partial charge on any atom is 0.336 e. The molecule has 0 spiro atoms. The van der Waals surface area contributed by atoms with Gasteiger partial charge in [-0.05, 0) is 71.8 Å². The standard InChI is InChI=1S/C23H18BrNO4/c1-28-22-14-17(15-25-19-8-10-20(26)11-9-19)4-12-21(22)29-23(27)13-5-16-2-6-18(24)7-3-16/h2-15,26H,1H3/b13-5+,25-15?. The van der Waals surface area contributed by atoms with E-state index in [0.29, 0.717) is 17.2 Å². The fourth-order valence-electron chi connectivity index (χ4n) is 2.42. The van der Waals surface area contributed by atoms with Gasteiger partial charge in [0.2, 0.25) is 0 Å². The molecule has 0 aliphatic heterocycles. The Labute approximate surface area is 177 Å². The molecule has 6 heteroatoms. The second-order valence-electron chi connectivity index (χ2n) is 5.99. The summed E-state index contributed by atoms with van der Waals surface area (Å²) in [4.78, 5) is 16.5. The first-order valence-corrected chi connectivity index (χ1v) is 9.49. The molecule has 0 aromatic heterocycles.